The van der Waals surface area contributed by atoms with Crippen LogP contribution in [-0.2, 0) is 20.5 Å². The average Bonchev–Trinajstić information content (AvgIpc) is 2.61. The van der Waals surface area contributed by atoms with E-state index >= 15 is 0 Å². The normalized spacial score (nSPS) is 11.8. The fraction of sp³-hybridized carbons (Fsp3) is 0.350. The number of carbonyl (C=O) groups excluding carboxylic acids is 1. The minimum atomic E-state index is -4.03. The molecule has 0 atom stereocenters. The number of hydrogen-bond acceptors (Lipinski definition) is 5. The van der Waals surface area contributed by atoms with Gasteiger partial charge in [-0.2, -0.15) is 0 Å². The maximum absolute atomic E-state index is 14.2. The van der Waals surface area contributed by atoms with Gasteiger partial charge in [-0.15, -0.1) is 0 Å². The quantitative estimate of drug-likeness (QED) is 0.572. The maximum atomic E-state index is 14.2. The maximum Gasteiger partial charge on any atom is 0.265 e. The Morgan fingerprint density at radius 1 is 1.17 bits per heavy atom. The van der Waals surface area contributed by atoms with Gasteiger partial charge in [0.15, 0.2) is 0 Å². The molecule has 9 heteroatoms. The second-order valence-corrected chi connectivity index (χ2v) is 8.43. The van der Waals surface area contributed by atoms with Crippen LogP contribution in [0.2, 0.25) is 0 Å². The first-order chi connectivity index (χ1) is 13.6. The van der Waals surface area contributed by atoms with E-state index in [1.807, 2.05) is 0 Å². The predicted molar refractivity (Wildman–Crippen MR) is 109 cm³/mol. The van der Waals surface area contributed by atoms with E-state index in [0.717, 1.165) is 0 Å². The van der Waals surface area contributed by atoms with Crippen LogP contribution in [0.4, 0.5) is 15.8 Å². The van der Waals surface area contributed by atoms with Crippen LogP contribution in [-0.4, -0.2) is 32.6 Å². The number of sulfonamides is 1. The summed E-state index contributed by atoms with van der Waals surface area (Å²) in [4.78, 5) is 11.5. The summed E-state index contributed by atoms with van der Waals surface area (Å²) in [5.74, 6) is -0.349. The van der Waals surface area contributed by atoms with Gasteiger partial charge in [0, 0.05) is 17.4 Å². The van der Waals surface area contributed by atoms with Crippen molar-refractivity contribution in [2.45, 2.75) is 37.8 Å². The highest BCUT2D eigenvalue weighted by Crippen LogP contribution is 2.31. The largest absolute Gasteiger partial charge is 0.492 e. The topological polar surface area (TPSA) is 105 Å². The van der Waals surface area contributed by atoms with Crippen molar-refractivity contribution >= 4 is 27.3 Å². The fourth-order valence-electron chi connectivity index (χ4n) is 2.56. The van der Waals surface area contributed by atoms with Crippen molar-refractivity contribution in [2.24, 2.45) is 0 Å². The van der Waals surface area contributed by atoms with E-state index in [0.29, 0.717) is 11.3 Å². The molecule has 0 spiro atoms. The lowest BCUT2D eigenvalue weighted by atomic mass is 10.00. The summed E-state index contributed by atoms with van der Waals surface area (Å²) in [5.41, 5.74) is -0.723. The molecule has 7 nitrogen and oxygen atoms in total. The molecule has 29 heavy (non-hydrogen) atoms. The van der Waals surface area contributed by atoms with E-state index in [-0.39, 0.29) is 36.0 Å². The lowest BCUT2D eigenvalue weighted by Gasteiger charge is -2.17. The highest BCUT2D eigenvalue weighted by Gasteiger charge is 2.23. The van der Waals surface area contributed by atoms with E-state index in [1.165, 1.54) is 44.2 Å². The Morgan fingerprint density at radius 2 is 1.90 bits per heavy atom. The number of alkyl halides is 1. The van der Waals surface area contributed by atoms with E-state index in [1.54, 1.807) is 19.1 Å². The molecular formula is C20H25FN2O5S. The molecule has 1 amide bonds. The molecule has 0 saturated heterocycles. The smallest absolute Gasteiger partial charge is 0.265 e. The van der Waals surface area contributed by atoms with Gasteiger partial charge in [0.1, 0.15) is 16.3 Å². The van der Waals surface area contributed by atoms with Crippen LogP contribution >= 0.6 is 0 Å². The molecule has 2 aromatic rings. The first-order valence-electron chi connectivity index (χ1n) is 9.06. The number of rotatable bonds is 9. The van der Waals surface area contributed by atoms with Crippen molar-refractivity contribution < 1.29 is 27.4 Å². The van der Waals surface area contributed by atoms with E-state index < -0.39 is 21.6 Å². The molecule has 0 bridgehead atoms. The minimum Gasteiger partial charge on any atom is -0.492 e. The zero-order chi connectivity index (χ0) is 21.7. The number of nitrogens with one attached hydrogen (secondary N) is 2. The molecule has 3 N–H and O–H groups in total. The van der Waals surface area contributed by atoms with Crippen molar-refractivity contribution in [1.82, 2.24) is 0 Å². The molecule has 0 saturated carbocycles. The van der Waals surface area contributed by atoms with E-state index in [9.17, 15) is 17.6 Å². The summed E-state index contributed by atoms with van der Waals surface area (Å²) in [5, 5.41) is 11.4. The molecule has 0 aliphatic heterocycles. The number of aliphatic hydroxyl groups excluding tert-OH is 1. The van der Waals surface area contributed by atoms with Gasteiger partial charge in [0.25, 0.3) is 10.0 Å². The molecule has 0 aliphatic rings. The highest BCUT2D eigenvalue weighted by molar-refractivity contribution is 7.92. The molecule has 0 unspecified atom stereocenters. The summed E-state index contributed by atoms with van der Waals surface area (Å²) in [6, 6.07) is 10.2. The van der Waals surface area contributed by atoms with E-state index in [2.05, 4.69) is 10.0 Å². The number of benzene rings is 2. The number of amides is 1. The van der Waals surface area contributed by atoms with Crippen molar-refractivity contribution in [3.05, 3.63) is 48.0 Å². The van der Waals surface area contributed by atoms with Crippen molar-refractivity contribution in [1.29, 1.82) is 0 Å². The summed E-state index contributed by atoms with van der Waals surface area (Å²) in [7, 11) is -4.03. The Morgan fingerprint density at radius 3 is 2.52 bits per heavy atom. The first-order valence-corrected chi connectivity index (χ1v) is 10.5. The number of anilines is 2. The van der Waals surface area contributed by atoms with Crippen LogP contribution in [0.5, 0.6) is 5.75 Å². The van der Waals surface area contributed by atoms with Crippen LogP contribution in [0.3, 0.4) is 0 Å². The number of carbonyl (C=O) groups is 1. The van der Waals surface area contributed by atoms with Crippen LogP contribution in [0.15, 0.2) is 47.4 Å². The van der Waals surface area contributed by atoms with Crippen LogP contribution in [0.25, 0.3) is 0 Å². The van der Waals surface area contributed by atoms with Crippen LogP contribution in [0.1, 0.15) is 32.8 Å². The third-order valence-corrected chi connectivity index (χ3v) is 5.38. The highest BCUT2D eigenvalue weighted by atomic mass is 32.2. The van der Waals surface area contributed by atoms with Crippen molar-refractivity contribution in [3.63, 3.8) is 0 Å². The van der Waals surface area contributed by atoms with Gasteiger partial charge in [0.2, 0.25) is 5.91 Å². The molecule has 0 radical (unpaired) electrons. The second kappa shape index (κ2) is 9.23. The van der Waals surface area contributed by atoms with Gasteiger partial charge in [-0.3, -0.25) is 9.52 Å². The van der Waals surface area contributed by atoms with Crippen molar-refractivity contribution in [3.8, 4) is 5.75 Å². The Kier molecular flexibility index (Phi) is 7.21. The SMILES string of the molecule is CCOc1cc(NC(=O)CCO)ccc1S(=O)(=O)Nc1cccc(C(C)(C)F)c1. The van der Waals surface area contributed by atoms with E-state index in [4.69, 9.17) is 9.84 Å². The number of halogens is 1. The molecule has 0 aliphatic carbocycles. The summed E-state index contributed by atoms with van der Waals surface area (Å²) >= 11 is 0. The summed E-state index contributed by atoms with van der Waals surface area (Å²) in [6.45, 7) is 4.39. The number of hydrogen-bond donors (Lipinski definition) is 3. The Bertz CT molecular complexity index is 971. The lowest BCUT2D eigenvalue weighted by Crippen LogP contribution is -2.17. The van der Waals surface area contributed by atoms with Crippen molar-refractivity contribution in [2.75, 3.05) is 23.3 Å². The van der Waals surface area contributed by atoms with Gasteiger partial charge in [-0.1, -0.05) is 12.1 Å². The molecule has 158 valence electrons. The Hall–Kier alpha value is -2.65. The lowest BCUT2D eigenvalue weighted by molar-refractivity contribution is -0.116. The summed E-state index contributed by atoms with van der Waals surface area (Å²) < 4.78 is 47.8. The summed E-state index contributed by atoms with van der Waals surface area (Å²) in [6.07, 6.45) is -0.0766. The van der Waals surface area contributed by atoms with Gasteiger partial charge >= 0.3 is 0 Å². The second-order valence-electron chi connectivity index (χ2n) is 6.78. The first kappa shape index (κ1) is 22.6. The molecule has 2 aromatic carbocycles. The molecule has 0 fully saturated rings. The zero-order valence-electron chi connectivity index (χ0n) is 16.5. The minimum absolute atomic E-state index is 0.0591. The third kappa shape index (κ3) is 6.16. The molecular weight excluding hydrogens is 399 g/mol. The van der Waals surface area contributed by atoms with Gasteiger partial charge in [0.05, 0.1) is 19.6 Å². The van der Waals surface area contributed by atoms with Crippen LogP contribution < -0.4 is 14.8 Å². The fourth-order valence-corrected chi connectivity index (χ4v) is 3.74. The Labute approximate surface area is 170 Å². The average molecular weight is 424 g/mol. The van der Waals surface area contributed by atoms with Crippen LogP contribution in [0, 0.1) is 0 Å². The Balaban J connectivity index is 2.35. The number of aliphatic hydroxyl groups is 1. The van der Waals surface area contributed by atoms with Gasteiger partial charge in [-0.25, -0.2) is 12.8 Å². The zero-order valence-corrected chi connectivity index (χ0v) is 17.3. The molecule has 0 heterocycles. The third-order valence-electron chi connectivity index (χ3n) is 3.96. The standard InChI is InChI=1S/C20H25FN2O5S/c1-4-28-17-13-15(22-19(25)10-11-24)8-9-18(17)29(26,27)23-16-7-5-6-14(12-16)20(2,3)21/h5-9,12-13,23-24H,4,10-11H2,1-3H3,(H,22,25). The molecule has 2 rings (SSSR count). The van der Waals surface area contributed by atoms with Gasteiger partial charge in [-0.05, 0) is 50.6 Å². The monoisotopic (exact) mass is 424 g/mol. The predicted octanol–water partition coefficient (Wildman–Crippen LogP) is 3.41. The van der Waals surface area contributed by atoms with Gasteiger partial charge < -0.3 is 15.2 Å². The molecule has 0 aromatic heterocycles. The number of ether oxygens (including phenoxy) is 1.